The lowest BCUT2D eigenvalue weighted by atomic mass is 10.1. The van der Waals surface area contributed by atoms with Crippen LogP contribution in [0.2, 0.25) is 0 Å². The number of anilines is 1. The first kappa shape index (κ1) is 20.2. The van der Waals surface area contributed by atoms with Crippen molar-refractivity contribution in [3.8, 4) is 5.75 Å². The lowest BCUT2D eigenvalue weighted by Crippen LogP contribution is -3.06. The summed E-state index contributed by atoms with van der Waals surface area (Å²) in [6, 6.07) is 7.12. The maximum Gasteiger partial charge on any atom is 0.266 e. The van der Waals surface area contributed by atoms with Crippen LogP contribution in [0, 0.1) is 18.6 Å². The zero-order chi connectivity index (χ0) is 20.4. The van der Waals surface area contributed by atoms with E-state index in [9.17, 15) is 13.6 Å². The van der Waals surface area contributed by atoms with Crippen molar-refractivity contribution < 1.29 is 23.2 Å². The molecule has 1 N–H and O–H groups in total. The maximum absolute atomic E-state index is 14.2. The highest BCUT2D eigenvalue weighted by Gasteiger charge is 2.27. The number of methoxy groups -OCH3 is 1. The molecule has 0 aliphatic carbocycles. The lowest BCUT2D eigenvalue weighted by molar-refractivity contribution is -0.856. The van der Waals surface area contributed by atoms with Crippen molar-refractivity contribution in [1.29, 1.82) is 0 Å². The number of halogens is 2. The Morgan fingerprint density at radius 2 is 1.89 bits per heavy atom. The average molecular weight is 406 g/mol. The number of quaternary nitrogens is 1. The van der Waals surface area contributed by atoms with Crippen molar-refractivity contribution in [2.75, 3.05) is 39.2 Å². The van der Waals surface area contributed by atoms with E-state index in [1.54, 1.807) is 7.11 Å². The van der Waals surface area contributed by atoms with E-state index in [0.717, 1.165) is 27.3 Å². The first-order chi connectivity index (χ1) is 13.3. The highest BCUT2D eigenvalue weighted by Crippen LogP contribution is 2.37. The fourth-order valence-electron chi connectivity index (χ4n) is 2.84. The number of benzene rings is 2. The molecule has 3 aromatic rings. The van der Waals surface area contributed by atoms with E-state index in [-0.39, 0.29) is 6.54 Å². The quantitative estimate of drug-likeness (QED) is 0.685. The normalized spacial score (nSPS) is 11.2. The van der Waals surface area contributed by atoms with Gasteiger partial charge in [-0.25, -0.2) is 13.8 Å². The second-order valence-electron chi connectivity index (χ2n) is 6.77. The van der Waals surface area contributed by atoms with E-state index in [1.807, 2.05) is 33.2 Å². The molecule has 1 aromatic heterocycles. The van der Waals surface area contributed by atoms with Gasteiger partial charge < -0.3 is 9.64 Å². The number of aryl methyl sites for hydroxylation is 1. The van der Waals surface area contributed by atoms with E-state index in [0.29, 0.717) is 22.9 Å². The third kappa shape index (κ3) is 3.83. The highest BCUT2D eigenvalue weighted by atomic mass is 32.1. The molecule has 0 saturated carbocycles. The molecule has 28 heavy (non-hydrogen) atoms. The van der Waals surface area contributed by atoms with Gasteiger partial charge in [-0.15, -0.1) is 0 Å². The van der Waals surface area contributed by atoms with E-state index >= 15 is 0 Å². The van der Waals surface area contributed by atoms with Crippen LogP contribution in [0.15, 0.2) is 30.3 Å². The molecule has 0 saturated heterocycles. The molecule has 8 heteroatoms. The Morgan fingerprint density at radius 1 is 1.21 bits per heavy atom. The van der Waals surface area contributed by atoms with Crippen LogP contribution in [-0.2, 0) is 0 Å². The number of rotatable bonds is 6. The Kier molecular flexibility index (Phi) is 5.90. The first-order valence-corrected chi connectivity index (χ1v) is 9.64. The van der Waals surface area contributed by atoms with Crippen LogP contribution in [0.3, 0.4) is 0 Å². The van der Waals surface area contributed by atoms with Crippen molar-refractivity contribution >= 4 is 32.6 Å². The van der Waals surface area contributed by atoms with Crippen LogP contribution in [0.5, 0.6) is 5.75 Å². The molecule has 148 valence electrons. The summed E-state index contributed by atoms with van der Waals surface area (Å²) < 4.78 is 34.7. The molecule has 0 spiro atoms. The molecule has 0 fully saturated rings. The van der Waals surface area contributed by atoms with Gasteiger partial charge in [-0.3, -0.25) is 9.69 Å². The fraction of sp³-hybridized carbons (Fsp3) is 0.300. The minimum absolute atomic E-state index is 0.274. The Bertz CT molecular complexity index is 1000. The number of hydrogen-bond donors (Lipinski definition) is 1. The van der Waals surface area contributed by atoms with Crippen LogP contribution >= 0.6 is 11.3 Å². The van der Waals surface area contributed by atoms with E-state index in [4.69, 9.17) is 4.74 Å². The number of fused-ring (bicyclic) bond motifs is 1. The number of hydrogen-bond acceptors (Lipinski definition) is 4. The highest BCUT2D eigenvalue weighted by molar-refractivity contribution is 7.22. The van der Waals surface area contributed by atoms with Crippen LogP contribution in [0.1, 0.15) is 15.9 Å². The Morgan fingerprint density at radius 3 is 2.50 bits per heavy atom. The molecule has 1 heterocycles. The molecule has 1 amide bonds. The summed E-state index contributed by atoms with van der Waals surface area (Å²) in [5.41, 5.74) is 1.05. The number of aromatic nitrogens is 1. The third-order valence-corrected chi connectivity index (χ3v) is 5.61. The van der Waals surface area contributed by atoms with Crippen molar-refractivity contribution in [2.24, 2.45) is 0 Å². The number of amides is 1. The maximum atomic E-state index is 14.2. The molecular weight excluding hydrogens is 384 g/mol. The number of thiazole rings is 1. The van der Waals surface area contributed by atoms with E-state index in [1.165, 1.54) is 22.3 Å². The summed E-state index contributed by atoms with van der Waals surface area (Å²) in [6.45, 7) is 2.81. The average Bonchev–Trinajstić information content (AvgIpc) is 3.08. The van der Waals surface area contributed by atoms with Gasteiger partial charge in [0.15, 0.2) is 5.13 Å². The van der Waals surface area contributed by atoms with Crippen LogP contribution in [0.4, 0.5) is 13.9 Å². The Hall–Kier alpha value is -2.58. The number of ether oxygens (including phenoxy) is 1. The summed E-state index contributed by atoms with van der Waals surface area (Å²) in [5, 5.41) is 0.386. The van der Waals surface area contributed by atoms with Crippen LogP contribution in [0.25, 0.3) is 10.2 Å². The zero-order valence-electron chi connectivity index (χ0n) is 16.2. The number of nitrogens with one attached hydrogen (secondary N) is 1. The topological polar surface area (TPSA) is 46.9 Å². The van der Waals surface area contributed by atoms with Gasteiger partial charge in [-0.1, -0.05) is 23.5 Å². The van der Waals surface area contributed by atoms with Crippen molar-refractivity contribution in [3.05, 3.63) is 53.1 Å². The number of carbonyl (C=O) groups is 1. The van der Waals surface area contributed by atoms with Gasteiger partial charge >= 0.3 is 0 Å². The summed E-state index contributed by atoms with van der Waals surface area (Å²) in [6.07, 6.45) is 0. The number of nitrogens with zero attached hydrogens (tertiary/aromatic N) is 2. The monoisotopic (exact) mass is 406 g/mol. The molecule has 0 aliphatic rings. The Labute approximate surface area is 166 Å². The fourth-order valence-corrected chi connectivity index (χ4v) is 3.91. The minimum Gasteiger partial charge on any atom is -0.494 e. The van der Waals surface area contributed by atoms with Gasteiger partial charge in [0.2, 0.25) is 0 Å². The summed E-state index contributed by atoms with van der Waals surface area (Å²) in [5.74, 6) is -1.93. The number of carbonyl (C=O) groups excluding carboxylic acids is 1. The largest absolute Gasteiger partial charge is 0.494 e. The van der Waals surface area contributed by atoms with Crippen LogP contribution in [-0.4, -0.2) is 45.2 Å². The SMILES string of the molecule is COc1ccc(C)c2sc(N(CC[NH+](C)C)C(=O)c3c(F)cccc3F)nc12. The van der Waals surface area contributed by atoms with Gasteiger partial charge in [0, 0.05) is 0 Å². The molecule has 0 aliphatic heterocycles. The van der Waals surface area contributed by atoms with Crippen molar-refractivity contribution in [1.82, 2.24) is 4.98 Å². The van der Waals surface area contributed by atoms with Gasteiger partial charge in [-0.05, 0) is 30.7 Å². The predicted octanol–water partition coefficient (Wildman–Crippen LogP) is 2.68. The smallest absolute Gasteiger partial charge is 0.266 e. The van der Waals surface area contributed by atoms with Crippen molar-refractivity contribution in [2.45, 2.75) is 6.92 Å². The first-order valence-electron chi connectivity index (χ1n) is 8.82. The zero-order valence-corrected chi connectivity index (χ0v) is 17.0. The lowest BCUT2D eigenvalue weighted by Gasteiger charge is -2.21. The van der Waals surface area contributed by atoms with Gasteiger partial charge in [-0.2, -0.15) is 0 Å². The van der Waals surface area contributed by atoms with E-state index in [2.05, 4.69) is 4.98 Å². The summed E-state index contributed by atoms with van der Waals surface area (Å²) >= 11 is 1.31. The number of likely N-dealkylation sites (N-methyl/N-ethyl adjacent to an activating group) is 1. The predicted molar refractivity (Wildman–Crippen MR) is 107 cm³/mol. The summed E-state index contributed by atoms with van der Waals surface area (Å²) in [7, 11) is 5.44. The van der Waals surface area contributed by atoms with Gasteiger partial charge in [0.1, 0.15) is 28.5 Å². The Balaban J connectivity index is 2.11. The molecule has 0 radical (unpaired) electrons. The summed E-state index contributed by atoms with van der Waals surface area (Å²) in [4.78, 5) is 20.1. The molecule has 3 rings (SSSR count). The second kappa shape index (κ2) is 8.20. The van der Waals surface area contributed by atoms with E-state index < -0.39 is 23.1 Å². The van der Waals surface area contributed by atoms with Gasteiger partial charge in [0.05, 0.1) is 39.0 Å². The molecule has 0 bridgehead atoms. The molecular formula is C20H22F2N3O2S+. The standard InChI is InChI=1S/C20H21F2N3O2S/c1-12-8-9-15(27-4)17-18(12)28-20(23-17)25(11-10-24(2)3)19(26)16-13(21)6-5-7-14(16)22/h5-9H,10-11H2,1-4H3/p+1. The molecule has 2 aromatic carbocycles. The van der Waals surface area contributed by atoms with Crippen LogP contribution < -0.4 is 14.5 Å². The molecule has 5 nitrogen and oxygen atoms in total. The molecule has 0 unspecified atom stereocenters. The van der Waals surface area contributed by atoms with Crippen molar-refractivity contribution in [3.63, 3.8) is 0 Å². The van der Waals surface area contributed by atoms with Gasteiger partial charge in [0.25, 0.3) is 5.91 Å². The third-order valence-electron chi connectivity index (χ3n) is 4.40. The molecule has 0 atom stereocenters. The minimum atomic E-state index is -0.887. The second-order valence-corrected chi connectivity index (χ2v) is 7.75.